The second-order valence-electron chi connectivity index (χ2n) is 9.14. The number of methoxy groups -OCH3 is 1. The third-order valence-electron chi connectivity index (χ3n) is 6.94. The van der Waals surface area contributed by atoms with Gasteiger partial charge in [-0.2, -0.15) is 0 Å². The van der Waals surface area contributed by atoms with E-state index in [1.165, 1.54) is 18.2 Å². The van der Waals surface area contributed by atoms with Crippen LogP contribution in [-0.2, 0) is 19.1 Å². The molecule has 1 heterocycles. The Morgan fingerprint density at radius 2 is 1.74 bits per heavy atom. The molecule has 0 spiro atoms. The molecule has 2 aromatic rings. The average molecular weight is 481 g/mol. The van der Waals surface area contributed by atoms with E-state index < -0.39 is 18.2 Å². The second-order valence-corrected chi connectivity index (χ2v) is 9.14. The standard InChI is InChI=1S/C27H32N2O6/c1-34-24(26(32)29-15-13-18(16-29)10-11-25(30)31)12-14-28-27(33)35-17-23-21-8-4-2-6-19(21)20-7-3-5-9-22(20)23/h2-9,18,23-24H,10-17H2,1H3,(H,28,33)(H,30,31). The number of aliphatic carboxylic acids is 1. The van der Waals surface area contributed by atoms with Crippen LogP contribution >= 0.6 is 0 Å². The van der Waals surface area contributed by atoms with Gasteiger partial charge in [-0.05, 0) is 41.0 Å². The molecule has 1 aliphatic carbocycles. The van der Waals surface area contributed by atoms with Gasteiger partial charge in [0.15, 0.2) is 0 Å². The van der Waals surface area contributed by atoms with Crippen molar-refractivity contribution >= 4 is 18.0 Å². The third kappa shape index (κ3) is 5.82. The lowest BCUT2D eigenvalue weighted by molar-refractivity contribution is -0.141. The van der Waals surface area contributed by atoms with Gasteiger partial charge in [-0.3, -0.25) is 9.59 Å². The van der Waals surface area contributed by atoms with E-state index in [2.05, 4.69) is 29.6 Å². The van der Waals surface area contributed by atoms with Crippen molar-refractivity contribution in [2.24, 2.45) is 5.92 Å². The van der Waals surface area contributed by atoms with Gasteiger partial charge in [0, 0.05) is 45.5 Å². The number of alkyl carbamates (subject to hydrolysis) is 1. The zero-order chi connectivity index (χ0) is 24.8. The molecule has 1 aliphatic heterocycles. The van der Waals surface area contributed by atoms with E-state index in [-0.39, 0.29) is 37.3 Å². The second kappa shape index (κ2) is 11.4. The monoisotopic (exact) mass is 480 g/mol. The van der Waals surface area contributed by atoms with Crippen molar-refractivity contribution in [2.75, 3.05) is 33.4 Å². The zero-order valence-corrected chi connectivity index (χ0v) is 19.9. The minimum atomic E-state index is -0.816. The highest BCUT2D eigenvalue weighted by molar-refractivity contribution is 5.81. The maximum Gasteiger partial charge on any atom is 0.407 e. The van der Waals surface area contributed by atoms with E-state index in [1.54, 1.807) is 4.90 Å². The summed E-state index contributed by atoms with van der Waals surface area (Å²) in [5.74, 6) is -0.749. The van der Waals surface area contributed by atoms with Gasteiger partial charge < -0.3 is 24.8 Å². The van der Waals surface area contributed by atoms with Crippen LogP contribution in [0.4, 0.5) is 4.79 Å². The normalized spacial score (nSPS) is 17.5. The Morgan fingerprint density at radius 3 is 2.37 bits per heavy atom. The van der Waals surface area contributed by atoms with Crippen molar-refractivity contribution in [3.05, 3.63) is 59.7 Å². The summed E-state index contributed by atoms with van der Waals surface area (Å²) in [7, 11) is 1.48. The van der Waals surface area contributed by atoms with Crippen LogP contribution in [0, 0.1) is 5.92 Å². The molecular formula is C27H32N2O6. The van der Waals surface area contributed by atoms with Crippen LogP contribution in [0.25, 0.3) is 11.1 Å². The Kier molecular flexibility index (Phi) is 8.02. The number of carbonyl (C=O) groups is 3. The van der Waals surface area contributed by atoms with Gasteiger partial charge in [-0.1, -0.05) is 48.5 Å². The van der Waals surface area contributed by atoms with Gasteiger partial charge in [0.1, 0.15) is 12.7 Å². The topological polar surface area (TPSA) is 105 Å². The largest absolute Gasteiger partial charge is 0.481 e. The molecule has 1 fully saturated rings. The molecule has 8 heteroatoms. The molecule has 35 heavy (non-hydrogen) atoms. The lowest BCUT2D eigenvalue weighted by Crippen LogP contribution is -2.40. The predicted molar refractivity (Wildman–Crippen MR) is 130 cm³/mol. The van der Waals surface area contributed by atoms with Crippen LogP contribution < -0.4 is 5.32 Å². The van der Waals surface area contributed by atoms with Gasteiger partial charge in [0.2, 0.25) is 0 Å². The maximum atomic E-state index is 12.8. The van der Waals surface area contributed by atoms with Gasteiger partial charge in [0.25, 0.3) is 5.91 Å². The average Bonchev–Trinajstić information content (AvgIpc) is 3.47. The molecule has 1 saturated heterocycles. The number of rotatable bonds is 10. The lowest BCUT2D eigenvalue weighted by atomic mass is 9.98. The number of hydrogen-bond donors (Lipinski definition) is 2. The third-order valence-corrected chi connectivity index (χ3v) is 6.94. The van der Waals surface area contributed by atoms with Crippen molar-refractivity contribution in [2.45, 2.75) is 37.7 Å². The molecule has 4 rings (SSSR count). The first-order valence-corrected chi connectivity index (χ1v) is 12.1. The van der Waals surface area contributed by atoms with E-state index in [0.29, 0.717) is 25.9 Å². The van der Waals surface area contributed by atoms with Gasteiger partial charge in [-0.25, -0.2) is 4.79 Å². The van der Waals surface area contributed by atoms with Crippen molar-refractivity contribution in [3.8, 4) is 11.1 Å². The van der Waals surface area contributed by atoms with Crippen molar-refractivity contribution < 1.29 is 29.0 Å². The number of benzene rings is 2. The van der Waals surface area contributed by atoms with E-state index in [0.717, 1.165) is 17.5 Å². The van der Waals surface area contributed by atoms with E-state index in [9.17, 15) is 14.4 Å². The Balaban J connectivity index is 1.23. The fraction of sp³-hybridized carbons (Fsp3) is 0.444. The Hall–Kier alpha value is -3.39. The van der Waals surface area contributed by atoms with E-state index >= 15 is 0 Å². The molecular weight excluding hydrogens is 448 g/mol. The summed E-state index contributed by atoms with van der Waals surface area (Å²) >= 11 is 0. The molecule has 0 bridgehead atoms. The minimum Gasteiger partial charge on any atom is -0.481 e. The molecule has 2 unspecified atom stereocenters. The summed E-state index contributed by atoms with van der Waals surface area (Å²) in [6.45, 7) is 1.63. The molecule has 2 atom stereocenters. The predicted octanol–water partition coefficient (Wildman–Crippen LogP) is 3.64. The molecule has 2 N–H and O–H groups in total. The fourth-order valence-corrected chi connectivity index (χ4v) is 5.10. The highest BCUT2D eigenvalue weighted by atomic mass is 16.5. The minimum absolute atomic E-state index is 0.00862. The quantitative estimate of drug-likeness (QED) is 0.538. The molecule has 0 aromatic heterocycles. The Morgan fingerprint density at radius 1 is 1.09 bits per heavy atom. The van der Waals surface area contributed by atoms with E-state index in [1.807, 2.05) is 24.3 Å². The molecule has 2 aliphatic rings. The van der Waals surface area contributed by atoms with Gasteiger partial charge >= 0.3 is 12.1 Å². The highest BCUT2D eigenvalue weighted by Crippen LogP contribution is 2.44. The van der Waals surface area contributed by atoms with Gasteiger partial charge in [0.05, 0.1) is 0 Å². The highest BCUT2D eigenvalue weighted by Gasteiger charge is 2.31. The number of carboxylic acid groups (broad SMARTS) is 1. The first-order valence-electron chi connectivity index (χ1n) is 12.1. The molecule has 0 saturated carbocycles. The molecule has 2 amide bonds. The summed E-state index contributed by atoms with van der Waals surface area (Å²) in [4.78, 5) is 37.7. The smallest absolute Gasteiger partial charge is 0.407 e. The van der Waals surface area contributed by atoms with Gasteiger partial charge in [-0.15, -0.1) is 0 Å². The van der Waals surface area contributed by atoms with E-state index in [4.69, 9.17) is 14.6 Å². The number of likely N-dealkylation sites (tertiary alicyclic amines) is 1. The summed E-state index contributed by atoms with van der Waals surface area (Å²) in [5.41, 5.74) is 4.65. The number of carbonyl (C=O) groups excluding carboxylic acids is 2. The maximum absolute atomic E-state index is 12.8. The number of amides is 2. The molecule has 0 radical (unpaired) electrons. The van der Waals surface area contributed by atoms with Crippen molar-refractivity contribution in [1.82, 2.24) is 10.2 Å². The summed E-state index contributed by atoms with van der Waals surface area (Å²) in [6, 6.07) is 16.3. The first kappa shape index (κ1) is 24.7. The summed E-state index contributed by atoms with van der Waals surface area (Å²) in [5, 5.41) is 11.6. The molecule has 8 nitrogen and oxygen atoms in total. The number of hydrogen-bond acceptors (Lipinski definition) is 5. The SMILES string of the molecule is COC(CCNC(=O)OCC1c2ccccc2-c2ccccc21)C(=O)N1CCC(CCC(=O)O)C1. The number of nitrogens with one attached hydrogen (secondary N) is 1. The van der Waals surface area contributed by atoms with Crippen molar-refractivity contribution in [1.29, 1.82) is 0 Å². The number of ether oxygens (including phenoxy) is 2. The number of nitrogens with zero attached hydrogens (tertiary/aromatic N) is 1. The van der Waals surface area contributed by atoms with Crippen LogP contribution in [0.2, 0.25) is 0 Å². The molecule has 186 valence electrons. The van der Waals surface area contributed by atoms with Crippen LogP contribution in [-0.4, -0.2) is 67.4 Å². The van der Waals surface area contributed by atoms with Crippen LogP contribution in [0.5, 0.6) is 0 Å². The fourth-order valence-electron chi connectivity index (χ4n) is 5.10. The Labute approximate surface area is 205 Å². The Bertz CT molecular complexity index is 1030. The first-order chi connectivity index (χ1) is 17.0. The molecule has 2 aromatic carbocycles. The summed E-state index contributed by atoms with van der Waals surface area (Å²) < 4.78 is 10.9. The van der Waals surface area contributed by atoms with Crippen LogP contribution in [0.1, 0.15) is 42.7 Å². The number of carboxylic acids is 1. The van der Waals surface area contributed by atoms with Crippen LogP contribution in [0.3, 0.4) is 0 Å². The van der Waals surface area contributed by atoms with Crippen LogP contribution in [0.15, 0.2) is 48.5 Å². The number of fused-ring (bicyclic) bond motifs is 3. The summed E-state index contributed by atoms with van der Waals surface area (Å²) in [6.07, 6.45) is 0.625. The van der Waals surface area contributed by atoms with Crippen molar-refractivity contribution in [3.63, 3.8) is 0 Å². The lowest BCUT2D eigenvalue weighted by Gasteiger charge is -2.23. The zero-order valence-electron chi connectivity index (χ0n) is 19.9.